The summed E-state index contributed by atoms with van der Waals surface area (Å²) in [4.78, 5) is 13.7. The summed E-state index contributed by atoms with van der Waals surface area (Å²) in [6, 6.07) is 11.3. The topological polar surface area (TPSA) is 55.1 Å². The number of nitrogens with one attached hydrogen (secondary N) is 1. The number of carbonyl (C=O) groups excluding carboxylic acids is 1. The molecule has 6 rings (SSSR count). The van der Waals surface area contributed by atoms with Crippen molar-refractivity contribution < 1.29 is 9.18 Å². The van der Waals surface area contributed by atoms with Gasteiger partial charge in [-0.05, 0) is 92.9 Å². The molecule has 5 saturated carbocycles. The Morgan fingerprint density at radius 3 is 2.52 bits per heavy atom. The van der Waals surface area contributed by atoms with Crippen molar-refractivity contribution in [3.05, 3.63) is 35.9 Å². The van der Waals surface area contributed by atoms with E-state index >= 15 is 0 Å². The molecule has 158 valence electrons. The van der Waals surface area contributed by atoms with Crippen molar-refractivity contribution in [2.75, 3.05) is 6.67 Å². The highest BCUT2D eigenvalue weighted by atomic mass is 19.1. The molecule has 0 radical (unpaired) electrons. The van der Waals surface area contributed by atoms with Crippen molar-refractivity contribution in [1.29, 1.82) is 0 Å². The van der Waals surface area contributed by atoms with E-state index in [4.69, 9.17) is 5.73 Å². The number of benzene rings is 1. The van der Waals surface area contributed by atoms with E-state index in [9.17, 15) is 9.18 Å². The van der Waals surface area contributed by atoms with Gasteiger partial charge in [0.2, 0.25) is 5.91 Å². The number of nitrogens with two attached hydrogens (primary N) is 1. The van der Waals surface area contributed by atoms with Crippen molar-refractivity contribution in [3.8, 4) is 0 Å². The van der Waals surface area contributed by atoms with E-state index in [1.54, 1.807) is 0 Å². The SMILES string of the molecule is NC1CCC(NC(=O)C23CC4C[C@@](CCF)(C2)C[C@](c2ccccc2)(C4)C3)CC1. The van der Waals surface area contributed by atoms with Crippen LogP contribution in [0.4, 0.5) is 4.39 Å². The highest BCUT2D eigenvalue weighted by Crippen LogP contribution is 2.71. The third-order valence-corrected chi connectivity index (χ3v) is 8.78. The molecule has 1 amide bonds. The van der Waals surface area contributed by atoms with E-state index in [0.717, 1.165) is 57.8 Å². The predicted molar refractivity (Wildman–Crippen MR) is 113 cm³/mol. The average molecular weight is 399 g/mol. The van der Waals surface area contributed by atoms with E-state index in [1.807, 2.05) is 0 Å². The smallest absolute Gasteiger partial charge is 0.226 e. The Hall–Kier alpha value is -1.42. The van der Waals surface area contributed by atoms with E-state index < -0.39 is 0 Å². The van der Waals surface area contributed by atoms with Gasteiger partial charge < -0.3 is 11.1 Å². The average Bonchev–Trinajstić information content (AvgIpc) is 2.69. The summed E-state index contributed by atoms with van der Waals surface area (Å²) < 4.78 is 13.7. The maximum atomic E-state index is 13.7. The lowest BCUT2D eigenvalue weighted by atomic mass is 9.38. The molecule has 29 heavy (non-hydrogen) atoms. The first-order chi connectivity index (χ1) is 14.0. The number of amides is 1. The van der Waals surface area contributed by atoms with Gasteiger partial charge in [-0.3, -0.25) is 9.18 Å². The maximum absolute atomic E-state index is 13.7. The molecule has 4 atom stereocenters. The van der Waals surface area contributed by atoms with Crippen LogP contribution >= 0.6 is 0 Å². The van der Waals surface area contributed by atoms with E-state index in [1.165, 1.54) is 12.0 Å². The van der Waals surface area contributed by atoms with Crippen LogP contribution < -0.4 is 11.1 Å². The first-order valence-corrected chi connectivity index (χ1v) is 11.6. The van der Waals surface area contributed by atoms with Gasteiger partial charge in [-0.1, -0.05) is 30.3 Å². The molecule has 0 spiro atoms. The zero-order chi connectivity index (χ0) is 20.1. The fourth-order valence-corrected chi connectivity index (χ4v) is 8.09. The summed E-state index contributed by atoms with van der Waals surface area (Å²) in [5.41, 5.74) is 7.15. The minimum Gasteiger partial charge on any atom is -0.353 e. The van der Waals surface area contributed by atoms with Crippen LogP contribution in [0.2, 0.25) is 0 Å². The van der Waals surface area contributed by atoms with Gasteiger partial charge >= 0.3 is 0 Å². The number of rotatable bonds is 5. The predicted octanol–water partition coefficient (Wildman–Crippen LogP) is 4.64. The molecule has 0 aromatic heterocycles. The zero-order valence-corrected chi connectivity index (χ0v) is 17.5. The number of alkyl halides is 1. The number of carbonyl (C=O) groups is 1. The molecule has 2 unspecified atom stereocenters. The van der Waals surface area contributed by atoms with Gasteiger partial charge in [0, 0.05) is 12.1 Å². The lowest BCUT2D eigenvalue weighted by Crippen LogP contribution is -2.63. The fraction of sp³-hybridized carbons (Fsp3) is 0.720. The lowest BCUT2D eigenvalue weighted by Gasteiger charge is -2.66. The monoisotopic (exact) mass is 398 g/mol. The van der Waals surface area contributed by atoms with Crippen molar-refractivity contribution in [1.82, 2.24) is 5.32 Å². The van der Waals surface area contributed by atoms with Crippen LogP contribution in [0.5, 0.6) is 0 Å². The van der Waals surface area contributed by atoms with Crippen molar-refractivity contribution >= 4 is 5.91 Å². The standard InChI is InChI=1S/C25H35FN2O/c26-11-10-23-12-18-13-24(15-23,19-4-2-1-3-5-19)17-25(14-18,16-23)22(29)28-21-8-6-20(27)7-9-21/h1-5,18,20-21H,6-17,27H2,(H,28,29)/t18?,20?,21?,23-,24-,25?/m1/s1. The highest BCUT2D eigenvalue weighted by molar-refractivity contribution is 5.84. The first-order valence-electron chi connectivity index (χ1n) is 11.6. The Kier molecular flexibility index (Phi) is 4.77. The van der Waals surface area contributed by atoms with Gasteiger partial charge in [-0.2, -0.15) is 0 Å². The molecule has 4 heteroatoms. The summed E-state index contributed by atoms with van der Waals surface area (Å²) in [5, 5.41) is 3.44. The normalized spacial score (nSPS) is 43.3. The Morgan fingerprint density at radius 2 is 1.79 bits per heavy atom. The van der Waals surface area contributed by atoms with Gasteiger partial charge in [0.05, 0.1) is 12.1 Å². The second kappa shape index (κ2) is 7.08. The molecule has 0 aliphatic heterocycles. The molecule has 0 saturated heterocycles. The molecule has 5 fully saturated rings. The first kappa shape index (κ1) is 19.5. The van der Waals surface area contributed by atoms with Crippen LogP contribution in [-0.2, 0) is 10.2 Å². The van der Waals surface area contributed by atoms with Crippen molar-refractivity contribution in [3.63, 3.8) is 0 Å². The van der Waals surface area contributed by atoms with Gasteiger partial charge in [0.25, 0.3) is 0 Å². The summed E-state index contributed by atoms with van der Waals surface area (Å²) in [5.74, 6) is 0.800. The Bertz CT molecular complexity index is 761. The van der Waals surface area contributed by atoms with Crippen LogP contribution in [0.15, 0.2) is 30.3 Å². The highest BCUT2D eigenvalue weighted by Gasteiger charge is 2.65. The summed E-state index contributed by atoms with van der Waals surface area (Å²) >= 11 is 0. The quantitative estimate of drug-likeness (QED) is 0.759. The second-order valence-electron chi connectivity index (χ2n) is 11.0. The number of hydrogen-bond donors (Lipinski definition) is 2. The van der Waals surface area contributed by atoms with Crippen molar-refractivity contribution in [2.45, 2.75) is 88.1 Å². The minimum absolute atomic E-state index is 0.00370. The van der Waals surface area contributed by atoms with Gasteiger partial charge in [-0.25, -0.2) is 0 Å². The Labute approximate surface area is 174 Å². The van der Waals surface area contributed by atoms with E-state index in [2.05, 4.69) is 35.6 Å². The summed E-state index contributed by atoms with van der Waals surface area (Å²) in [6.07, 6.45) is 10.7. The second-order valence-corrected chi connectivity index (χ2v) is 11.0. The molecule has 5 aliphatic rings. The number of halogens is 1. The summed E-state index contributed by atoms with van der Waals surface area (Å²) in [6.45, 7) is -0.268. The van der Waals surface area contributed by atoms with Gasteiger partial charge in [0.1, 0.15) is 0 Å². The van der Waals surface area contributed by atoms with Crippen LogP contribution in [0.25, 0.3) is 0 Å². The van der Waals surface area contributed by atoms with Gasteiger partial charge in [0.15, 0.2) is 0 Å². The fourth-order valence-electron chi connectivity index (χ4n) is 8.09. The summed E-state index contributed by atoms with van der Waals surface area (Å²) in [7, 11) is 0. The molecule has 3 nitrogen and oxygen atoms in total. The van der Waals surface area contributed by atoms with Gasteiger partial charge in [-0.15, -0.1) is 0 Å². The lowest BCUT2D eigenvalue weighted by molar-refractivity contribution is -0.165. The van der Waals surface area contributed by atoms with Crippen LogP contribution in [0, 0.1) is 16.7 Å². The molecule has 3 N–H and O–H groups in total. The zero-order valence-electron chi connectivity index (χ0n) is 17.5. The van der Waals surface area contributed by atoms with Crippen molar-refractivity contribution in [2.24, 2.45) is 22.5 Å². The molecule has 4 bridgehead atoms. The third-order valence-electron chi connectivity index (χ3n) is 8.78. The molecule has 1 aromatic carbocycles. The molecular weight excluding hydrogens is 363 g/mol. The largest absolute Gasteiger partial charge is 0.353 e. The molecule has 5 aliphatic carbocycles. The van der Waals surface area contributed by atoms with Crippen LogP contribution in [0.3, 0.4) is 0 Å². The molecule has 0 heterocycles. The third kappa shape index (κ3) is 3.32. The number of hydrogen-bond acceptors (Lipinski definition) is 2. The van der Waals surface area contributed by atoms with Crippen LogP contribution in [-0.4, -0.2) is 24.7 Å². The minimum atomic E-state index is -0.315. The Balaban J connectivity index is 1.46. The van der Waals surface area contributed by atoms with E-state index in [-0.39, 0.29) is 40.9 Å². The Morgan fingerprint density at radius 1 is 1.03 bits per heavy atom. The van der Waals surface area contributed by atoms with Crippen LogP contribution in [0.1, 0.15) is 76.2 Å². The maximum Gasteiger partial charge on any atom is 0.226 e. The molecule has 1 aromatic rings. The molecular formula is C25H35FN2O. The van der Waals surface area contributed by atoms with E-state index in [0.29, 0.717) is 12.3 Å².